The number of rotatable bonds is 10. The summed E-state index contributed by atoms with van der Waals surface area (Å²) in [5, 5.41) is 75.1. The summed E-state index contributed by atoms with van der Waals surface area (Å²) in [5.74, 6) is -7.21. The Bertz CT molecular complexity index is 1550. The fraction of sp³-hybridized carbons (Fsp3) is 0.763. The topological polar surface area (TPSA) is 255 Å². The Kier molecular flexibility index (Phi) is 11.3. The van der Waals surface area contributed by atoms with Crippen LogP contribution in [0.25, 0.3) is 0 Å². The number of ketones is 1. The van der Waals surface area contributed by atoms with Gasteiger partial charge in [0.2, 0.25) is 6.29 Å². The van der Waals surface area contributed by atoms with E-state index in [9.17, 15) is 59.7 Å². The van der Waals surface area contributed by atoms with Crippen LogP contribution in [-0.4, -0.2) is 121 Å². The molecule has 0 aromatic heterocycles. The van der Waals surface area contributed by atoms with Gasteiger partial charge in [0, 0.05) is 24.7 Å². The van der Waals surface area contributed by atoms with E-state index in [0.717, 1.165) is 0 Å². The highest BCUT2D eigenvalue weighted by Crippen LogP contribution is 2.73. The molecule has 4 aliphatic carbocycles. The van der Waals surface area contributed by atoms with Crippen LogP contribution in [-0.2, 0) is 38.2 Å². The van der Waals surface area contributed by atoms with E-state index in [1.165, 1.54) is 13.0 Å². The lowest BCUT2D eigenvalue weighted by Crippen LogP contribution is -2.65. The first-order chi connectivity index (χ1) is 24.6. The van der Waals surface area contributed by atoms with Gasteiger partial charge in [-0.15, -0.1) is 0 Å². The van der Waals surface area contributed by atoms with Crippen LogP contribution < -0.4 is 0 Å². The number of hydrogen-bond acceptors (Lipinski definition) is 14. The number of allylic oxidation sites excluding steroid dienone is 4. The smallest absolute Gasteiger partial charge is 0.318 e. The average molecular weight is 751 g/mol. The zero-order chi connectivity index (χ0) is 39.6. The summed E-state index contributed by atoms with van der Waals surface area (Å²) < 4.78 is 16.9. The van der Waals surface area contributed by atoms with Gasteiger partial charge in [-0.2, -0.15) is 0 Å². The highest BCUT2D eigenvalue weighted by atomic mass is 16.7. The molecule has 1 saturated heterocycles. The number of fused-ring (bicyclic) bond motifs is 5. The molecule has 3 saturated carbocycles. The summed E-state index contributed by atoms with van der Waals surface area (Å²) in [5.41, 5.74) is -4.25. The number of ether oxygens (including phenoxy) is 3. The molecule has 7 N–H and O–H groups in total. The highest BCUT2D eigenvalue weighted by molar-refractivity contribution is 5.93. The van der Waals surface area contributed by atoms with Gasteiger partial charge in [-0.3, -0.25) is 19.2 Å². The Morgan fingerprint density at radius 3 is 2.23 bits per heavy atom. The van der Waals surface area contributed by atoms with Crippen molar-refractivity contribution in [1.82, 2.24) is 0 Å². The average Bonchev–Trinajstić information content (AvgIpc) is 3.32. The van der Waals surface area contributed by atoms with E-state index in [1.807, 2.05) is 6.92 Å². The zero-order valence-electron chi connectivity index (χ0n) is 31.0. The van der Waals surface area contributed by atoms with Gasteiger partial charge < -0.3 is 54.8 Å². The molecule has 0 aromatic rings. The molecule has 15 nitrogen and oxygen atoms in total. The predicted octanol–water partition coefficient (Wildman–Crippen LogP) is 0.593. The molecule has 1 heterocycles. The number of carboxylic acid groups (broad SMARTS) is 1. The Morgan fingerprint density at radius 1 is 1.00 bits per heavy atom. The van der Waals surface area contributed by atoms with Crippen molar-refractivity contribution >= 4 is 30.0 Å². The number of carboxylic acids is 1. The molecule has 0 aromatic carbocycles. The standard InChI is InChI=1S/C38H54O15/c1-17(2)11-19(42)12-20(32(48)49)28-23(43)14-38(16-40)21-7-8-25-35(4,22(21)13-26(44)37(28,38)6)10-9-27(51-18(3)41)36(25,5)34(50)53-33-31(47)30(46)29(45)24(15-39)52-33/h7,11,16,20,22-31,33,39,43-47H,8-10,12-15H2,1-6H3,(H,48,49)/t20-,22+,23+,24+,25-,26+,27-,28-,29+,30-,31+,33-,35-,36+,37+,38+/m1/s1. The summed E-state index contributed by atoms with van der Waals surface area (Å²) in [6, 6.07) is 0. The minimum atomic E-state index is -1.88. The lowest BCUT2D eigenvalue weighted by Gasteiger charge is -2.64. The number of aldehydes is 1. The summed E-state index contributed by atoms with van der Waals surface area (Å²) in [4.78, 5) is 65.9. The molecule has 53 heavy (non-hydrogen) atoms. The fourth-order valence-corrected chi connectivity index (χ4v) is 11.1. The molecule has 0 bridgehead atoms. The molecule has 0 amide bonds. The molecule has 5 aliphatic rings. The third-order valence-corrected chi connectivity index (χ3v) is 13.8. The van der Waals surface area contributed by atoms with Crippen LogP contribution in [0.1, 0.15) is 80.1 Å². The van der Waals surface area contributed by atoms with Crippen LogP contribution in [0.15, 0.2) is 23.3 Å². The number of esters is 2. The minimum absolute atomic E-state index is 0.0263. The van der Waals surface area contributed by atoms with E-state index >= 15 is 0 Å². The fourth-order valence-electron chi connectivity index (χ4n) is 11.1. The number of carbonyl (C=O) groups is 5. The summed E-state index contributed by atoms with van der Waals surface area (Å²) in [6.45, 7) is 8.92. The van der Waals surface area contributed by atoms with E-state index < -0.39 is 131 Å². The van der Waals surface area contributed by atoms with Crippen LogP contribution in [0.5, 0.6) is 0 Å². The van der Waals surface area contributed by atoms with Crippen molar-refractivity contribution in [3.63, 3.8) is 0 Å². The third kappa shape index (κ3) is 6.29. The van der Waals surface area contributed by atoms with Crippen molar-refractivity contribution < 1.29 is 73.9 Å². The summed E-state index contributed by atoms with van der Waals surface area (Å²) in [6.07, 6.45) is -8.40. The van der Waals surface area contributed by atoms with Gasteiger partial charge >= 0.3 is 17.9 Å². The van der Waals surface area contributed by atoms with Gasteiger partial charge in [0.05, 0.1) is 30.1 Å². The van der Waals surface area contributed by atoms with Crippen LogP contribution in [0.2, 0.25) is 0 Å². The Balaban J connectivity index is 1.57. The Hall–Kier alpha value is -3.05. The van der Waals surface area contributed by atoms with Gasteiger partial charge in [0.15, 0.2) is 5.78 Å². The first-order valence-electron chi connectivity index (χ1n) is 18.3. The Morgan fingerprint density at radius 2 is 1.66 bits per heavy atom. The van der Waals surface area contributed by atoms with Crippen molar-refractivity contribution in [3.05, 3.63) is 23.3 Å². The van der Waals surface area contributed by atoms with Crippen LogP contribution in [0.4, 0.5) is 0 Å². The third-order valence-electron chi connectivity index (χ3n) is 13.8. The molecule has 4 fully saturated rings. The van der Waals surface area contributed by atoms with E-state index in [-0.39, 0.29) is 25.7 Å². The second-order valence-electron chi connectivity index (χ2n) is 16.8. The van der Waals surface area contributed by atoms with Crippen molar-refractivity contribution in [1.29, 1.82) is 0 Å². The maximum atomic E-state index is 14.4. The van der Waals surface area contributed by atoms with Gasteiger partial charge in [-0.25, -0.2) is 0 Å². The number of aliphatic hydroxyl groups excluding tert-OH is 6. The largest absolute Gasteiger partial charge is 0.481 e. The van der Waals surface area contributed by atoms with Crippen LogP contribution in [0.3, 0.4) is 0 Å². The van der Waals surface area contributed by atoms with Gasteiger partial charge in [0.25, 0.3) is 0 Å². The van der Waals surface area contributed by atoms with Crippen molar-refractivity contribution in [2.24, 2.45) is 45.3 Å². The number of carbonyl (C=O) groups excluding carboxylic acids is 4. The number of hydrogen-bond donors (Lipinski definition) is 7. The van der Waals surface area contributed by atoms with Crippen LogP contribution >= 0.6 is 0 Å². The monoisotopic (exact) mass is 750 g/mol. The maximum absolute atomic E-state index is 14.4. The highest BCUT2D eigenvalue weighted by Gasteiger charge is 2.74. The molecular weight excluding hydrogens is 696 g/mol. The molecule has 0 radical (unpaired) electrons. The SMILES string of the molecule is CC(=O)O[C@@H]1CC[C@@]2(C)[C@@H](CC=C3[C@@H]2C[C@H](O)[C@@]2(C)[C@H]([C@@H](CC(=O)C=C(C)C)C(=O)O)[C@@H](O)C[C@]32C=O)[C@]1(C)C(=O)O[C@H]1O[C@@H](CO)[C@H](O)[C@@H](O)[C@@H]1O. The summed E-state index contributed by atoms with van der Waals surface area (Å²) >= 11 is 0. The number of aliphatic hydroxyl groups is 6. The molecule has 0 unspecified atom stereocenters. The van der Waals surface area contributed by atoms with Gasteiger partial charge in [-0.1, -0.05) is 31.1 Å². The van der Waals surface area contributed by atoms with E-state index in [4.69, 9.17) is 14.2 Å². The molecular formula is C38H54O15. The maximum Gasteiger partial charge on any atom is 0.318 e. The molecule has 5 rings (SSSR count). The lowest BCUT2D eigenvalue weighted by molar-refractivity contribution is -0.299. The van der Waals surface area contributed by atoms with Crippen LogP contribution in [0, 0.1) is 45.3 Å². The normalized spacial score (nSPS) is 45.3. The van der Waals surface area contributed by atoms with E-state index in [1.54, 1.807) is 33.8 Å². The Labute approximate surface area is 308 Å². The molecule has 296 valence electrons. The molecule has 16 atom stereocenters. The van der Waals surface area contributed by atoms with Crippen molar-refractivity contribution in [2.75, 3.05) is 6.61 Å². The van der Waals surface area contributed by atoms with Gasteiger partial charge in [-0.05, 0) is 76.2 Å². The first-order valence-corrected chi connectivity index (χ1v) is 18.3. The summed E-state index contributed by atoms with van der Waals surface area (Å²) in [7, 11) is 0. The van der Waals surface area contributed by atoms with E-state index in [0.29, 0.717) is 23.9 Å². The predicted molar refractivity (Wildman–Crippen MR) is 182 cm³/mol. The molecule has 15 heteroatoms. The quantitative estimate of drug-likeness (QED) is 0.0698. The number of aliphatic carboxylic acids is 1. The van der Waals surface area contributed by atoms with Crippen molar-refractivity contribution in [3.8, 4) is 0 Å². The first kappa shape index (κ1) is 41.1. The van der Waals surface area contributed by atoms with Gasteiger partial charge in [0.1, 0.15) is 42.2 Å². The minimum Gasteiger partial charge on any atom is -0.481 e. The lowest BCUT2D eigenvalue weighted by atomic mass is 9.40. The molecule has 0 spiro atoms. The molecule has 1 aliphatic heterocycles. The second-order valence-corrected chi connectivity index (χ2v) is 16.8. The van der Waals surface area contributed by atoms with Crippen molar-refractivity contribution in [2.45, 2.75) is 129 Å². The van der Waals surface area contributed by atoms with E-state index in [2.05, 4.69) is 0 Å². The second kappa shape index (κ2) is 14.5. The zero-order valence-corrected chi connectivity index (χ0v) is 31.0.